The molecule has 0 amide bonds. The quantitative estimate of drug-likeness (QED) is 0.863. The van der Waals surface area contributed by atoms with E-state index in [1.807, 2.05) is 19.2 Å². The van der Waals surface area contributed by atoms with Gasteiger partial charge in [0.05, 0.1) is 0 Å². The Morgan fingerprint density at radius 3 is 2.52 bits per heavy atom. The number of piperazine rings is 1. The van der Waals surface area contributed by atoms with E-state index in [-0.39, 0.29) is 0 Å². The Morgan fingerprint density at radius 2 is 1.86 bits per heavy atom. The van der Waals surface area contributed by atoms with Gasteiger partial charge in [0, 0.05) is 45.1 Å². The van der Waals surface area contributed by atoms with Crippen molar-refractivity contribution in [2.75, 3.05) is 50.0 Å². The number of nitrogens with zero attached hydrogens (tertiary/aromatic N) is 7. The molecule has 8 heteroatoms. The lowest BCUT2D eigenvalue weighted by atomic mass is 10.3. The summed E-state index contributed by atoms with van der Waals surface area (Å²) in [7, 11) is 2.13. The molecule has 112 valence electrons. The summed E-state index contributed by atoms with van der Waals surface area (Å²) in [6, 6.07) is 1.85. The van der Waals surface area contributed by atoms with Crippen molar-refractivity contribution in [2.24, 2.45) is 0 Å². The Balaban J connectivity index is 1.91. The standard InChI is InChI=1S/C13H20N8/c1-3-14-11-16-12(20-9-7-19(2)8-10-20)18-13(17-11)21-6-4-5-15-21/h4-6H,3,7-10H2,1-2H3,(H,14,16,17,18). The molecule has 1 fully saturated rings. The van der Waals surface area contributed by atoms with Crippen molar-refractivity contribution in [2.45, 2.75) is 6.92 Å². The second kappa shape index (κ2) is 6.04. The zero-order valence-corrected chi connectivity index (χ0v) is 12.4. The van der Waals surface area contributed by atoms with Gasteiger partial charge in [-0.05, 0) is 20.0 Å². The maximum atomic E-state index is 4.55. The Hall–Kier alpha value is -2.22. The maximum Gasteiger partial charge on any atom is 0.257 e. The second-order valence-corrected chi connectivity index (χ2v) is 5.03. The van der Waals surface area contributed by atoms with Crippen LogP contribution in [0, 0.1) is 0 Å². The predicted molar refractivity (Wildman–Crippen MR) is 80.8 cm³/mol. The van der Waals surface area contributed by atoms with Gasteiger partial charge in [0.15, 0.2) is 0 Å². The van der Waals surface area contributed by atoms with Crippen LogP contribution in [-0.4, -0.2) is 69.4 Å². The van der Waals surface area contributed by atoms with Gasteiger partial charge >= 0.3 is 0 Å². The summed E-state index contributed by atoms with van der Waals surface area (Å²) in [6.07, 6.45) is 3.55. The first-order valence-electron chi connectivity index (χ1n) is 7.19. The highest BCUT2D eigenvalue weighted by atomic mass is 15.4. The third kappa shape index (κ3) is 3.10. The minimum absolute atomic E-state index is 0.542. The Labute approximate surface area is 123 Å². The predicted octanol–water partition coefficient (Wildman–Crippen LogP) is 0.241. The van der Waals surface area contributed by atoms with Gasteiger partial charge in [-0.3, -0.25) is 0 Å². The monoisotopic (exact) mass is 288 g/mol. The number of hydrogen-bond acceptors (Lipinski definition) is 7. The van der Waals surface area contributed by atoms with Crippen LogP contribution in [0.2, 0.25) is 0 Å². The van der Waals surface area contributed by atoms with Crippen molar-refractivity contribution < 1.29 is 0 Å². The molecule has 0 bridgehead atoms. The fourth-order valence-corrected chi connectivity index (χ4v) is 2.23. The highest BCUT2D eigenvalue weighted by Crippen LogP contribution is 2.14. The number of anilines is 2. The van der Waals surface area contributed by atoms with Gasteiger partial charge in [0.2, 0.25) is 11.9 Å². The number of hydrogen-bond donors (Lipinski definition) is 1. The maximum absolute atomic E-state index is 4.55. The zero-order chi connectivity index (χ0) is 14.7. The topological polar surface area (TPSA) is 75.0 Å². The molecule has 1 aliphatic heterocycles. The summed E-state index contributed by atoms with van der Waals surface area (Å²) in [5.74, 6) is 1.84. The van der Waals surface area contributed by atoms with Gasteiger partial charge < -0.3 is 15.1 Å². The minimum atomic E-state index is 0.542. The number of aromatic nitrogens is 5. The van der Waals surface area contributed by atoms with Crippen LogP contribution in [0.4, 0.5) is 11.9 Å². The van der Waals surface area contributed by atoms with Crippen LogP contribution >= 0.6 is 0 Å². The van der Waals surface area contributed by atoms with E-state index in [0.717, 1.165) is 32.7 Å². The van der Waals surface area contributed by atoms with Crippen LogP contribution in [-0.2, 0) is 0 Å². The van der Waals surface area contributed by atoms with E-state index in [0.29, 0.717) is 17.8 Å². The molecule has 0 spiro atoms. The molecule has 1 aliphatic rings. The molecule has 2 aromatic heterocycles. The molecule has 8 nitrogen and oxygen atoms in total. The van der Waals surface area contributed by atoms with Crippen LogP contribution in [0.3, 0.4) is 0 Å². The van der Waals surface area contributed by atoms with Crippen molar-refractivity contribution >= 4 is 11.9 Å². The Bertz CT molecular complexity index is 574. The molecular formula is C13H20N8. The smallest absolute Gasteiger partial charge is 0.257 e. The van der Waals surface area contributed by atoms with E-state index in [9.17, 15) is 0 Å². The number of rotatable bonds is 4. The highest BCUT2D eigenvalue weighted by Gasteiger charge is 2.18. The summed E-state index contributed by atoms with van der Waals surface area (Å²) < 4.78 is 1.65. The molecule has 2 aromatic rings. The molecule has 0 aliphatic carbocycles. The Morgan fingerprint density at radius 1 is 1.10 bits per heavy atom. The van der Waals surface area contributed by atoms with Crippen molar-refractivity contribution in [3.8, 4) is 5.95 Å². The highest BCUT2D eigenvalue weighted by molar-refractivity contribution is 5.40. The third-order valence-electron chi connectivity index (χ3n) is 3.44. The SMILES string of the molecule is CCNc1nc(N2CCN(C)CC2)nc(-n2cccn2)n1. The molecule has 0 unspecified atom stereocenters. The summed E-state index contributed by atoms with van der Waals surface area (Å²) >= 11 is 0. The van der Waals surface area contributed by atoms with Crippen molar-refractivity contribution in [1.29, 1.82) is 0 Å². The molecule has 0 atom stereocenters. The second-order valence-electron chi connectivity index (χ2n) is 5.03. The van der Waals surface area contributed by atoms with E-state index in [4.69, 9.17) is 0 Å². The van der Waals surface area contributed by atoms with E-state index in [2.05, 4.69) is 42.2 Å². The molecule has 1 saturated heterocycles. The molecule has 3 rings (SSSR count). The van der Waals surface area contributed by atoms with Crippen molar-refractivity contribution in [3.05, 3.63) is 18.5 Å². The summed E-state index contributed by atoms with van der Waals surface area (Å²) in [5.41, 5.74) is 0. The largest absolute Gasteiger partial charge is 0.354 e. The average molecular weight is 288 g/mol. The van der Waals surface area contributed by atoms with Gasteiger partial charge in [0.1, 0.15) is 0 Å². The van der Waals surface area contributed by atoms with E-state index in [1.54, 1.807) is 10.9 Å². The minimum Gasteiger partial charge on any atom is -0.354 e. The van der Waals surface area contributed by atoms with Crippen LogP contribution < -0.4 is 10.2 Å². The molecule has 0 radical (unpaired) electrons. The fraction of sp³-hybridized carbons (Fsp3) is 0.538. The van der Waals surface area contributed by atoms with Crippen LogP contribution in [0.15, 0.2) is 18.5 Å². The first kappa shape index (κ1) is 13.7. The van der Waals surface area contributed by atoms with Gasteiger partial charge in [-0.15, -0.1) is 0 Å². The van der Waals surface area contributed by atoms with Crippen molar-refractivity contribution in [1.82, 2.24) is 29.6 Å². The molecule has 0 aromatic carbocycles. The summed E-state index contributed by atoms with van der Waals surface area (Å²) in [6.45, 7) is 6.66. The lowest BCUT2D eigenvalue weighted by Gasteiger charge is -2.32. The van der Waals surface area contributed by atoms with Gasteiger partial charge in [0.25, 0.3) is 5.95 Å². The van der Waals surface area contributed by atoms with Crippen molar-refractivity contribution in [3.63, 3.8) is 0 Å². The molecule has 21 heavy (non-hydrogen) atoms. The zero-order valence-electron chi connectivity index (χ0n) is 12.4. The van der Waals surface area contributed by atoms with E-state index in [1.165, 1.54) is 0 Å². The van der Waals surface area contributed by atoms with Crippen LogP contribution in [0.5, 0.6) is 0 Å². The summed E-state index contributed by atoms with van der Waals surface area (Å²) in [4.78, 5) is 18.0. The van der Waals surface area contributed by atoms with Gasteiger partial charge in [-0.1, -0.05) is 0 Å². The fourth-order valence-electron chi connectivity index (χ4n) is 2.23. The molecule has 1 N–H and O–H groups in total. The number of likely N-dealkylation sites (N-methyl/N-ethyl adjacent to an activating group) is 1. The third-order valence-corrected chi connectivity index (χ3v) is 3.44. The Kier molecular flexibility index (Phi) is 3.96. The van der Waals surface area contributed by atoms with E-state index < -0.39 is 0 Å². The molecule has 0 saturated carbocycles. The normalized spacial score (nSPS) is 16.2. The lowest BCUT2D eigenvalue weighted by molar-refractivity contribution is 0.311. The van der Waals surface area contributed by atoms with Crippen LogP contribution in [0.1, 0.15) is 6.92 Å². The molecular weight excluding hydrogens is 268 g/mol. The van der Waals surface area contributed by atoms with Gasteiger partial charge in [-0.25, -0.2) is 4.68 Å². The first-order chi connectivity index (χ1) is 10.3. The summed E-state index contributed by atoms with van der Waals surface area (Å²) in [5, 5.41) is 7.35. The van der Waals surface area contributed by atoms with Crippen LogP contribution in [0.25, 0.3) is 5.95 Å². The van der Waals surface area contributed by atoms with Gasteiger partial charge in [-0.2, -0.15) is 20.1 Å². The average Bonchev–Trinajstić information content (AvgIpc) is 3.02. The van der Waals surface area contributed by atoms with E-state index >= 15 is 0 Å². The first-order valence-corrected chi connectivity index (χ1v) is 7.19. The number of nitrogens with one attached hydrogen (secondary N) is 1. The molecule has 3 heterocycles. The lowest BCUT2D eigenvalue weighted by Crippen LogP contribution is -2.45.